The third-order valence-electron chi connectivity index (χ3n) is 4.90. The molecule has 0 spiro atoms. The molecular weight excluding hydrogens is 332 g/mol. The maximum Gasteiger partial charge on any atom is 0.259 e. The lowest BCUT2D eigenvalue weighted by atomic mass is 10.1. The van der Waals surface area contributed by atoms with Crippen LogP contribution < -0.4 is 11.1 Å². The Morgan fingerprint density at radius 1 is 1.35 bits per heavy atom. The molecule has 1 saturated carbocycles. The van der Waals surface area contributed by atoms with Crippen LogP contribution in [0, 0.1) is 26.7 Å². The van der Waals surface area contributed by atoms with Crippen LogP contribution in [0.15, 0.2) is 21.1 Å². The van der Waals surface area contributed by atoms with E-state index in [4.69, 9.17) is 14.7 Å². The molecular formula is C19H22N4O3. The Morgan fingerprint density at radius 3 is 2.77 bits per heavy atom. The van der Waals surface area contributed by atoms with Gasteiger partial charge in [0.1, 0.15) is 11.5 Å². The number of nitrogens with zero attached hydrogens (tertiary/aromatic N) is 2. The number of rotatable bonds is 5. The van der Waals surface area contributed by atoms with Gasteiger partial charge in [-0.25, -0.2) is 4.98 Å². The second-order valence-corrected chi connectivity index (χ2v) is 7.04. The minimum Gasteiger partial charge on any atom is -0.466 e. The van der Waals surface area contributed by atoms with Crippen molar-refractivity contribution in [2.24, 2.45) is 11.7 Å². The summed E-state index contributed by atoms with van der Waals surface area (Å²) in [6, 6.07) is 3.66. The van der Waals surface area contributed by atoms with E-state index in [9.17, 15) is 4.79 Å². The number of aromatic nitrogens is 2. The van der Waals surface area contributed by atoms with Gasteiger partial charge in [0, 0.05) is 18.2 Å². The predicted molar refractivity (Wildman–Crippen MR) is 96.7 cm³/mol. The molecule has 1 fully saturated rings. The van der Waals surface area contributed by atoms with Crippen molar-refractivity contribution in [2.45, 2.75) is 39.7 Å². The average molecular weight is 354 g/mol. The highest BCUT2D eigenvalue weighted by Crippen LogP contribution is 2.32. The first-order chi connectivity index (χ1) is 12.4. The topological polar surface area (TPSA) is 107 Å². The second-order valence-electron chi connectivity index (χ2n) is 7.04. The number of amides is 1. The number of pyridine rings is 1. The molecule has 3 aromatic rings. The van der Waals surface area contributed by atoms with Gasteiger partial charge in [-0.15, -0.1) is 0 Å². The molecule has 7 nitrogen and oxygen atoms in total. The van der Waals surface area contributed by atoms with Crippen molar-refractivity contribution in [1.29, 1.82) is 0 Å². The van der Waals surface area contributed by atoms with E-state index in [0.29, 0.717) is 40.5 Å². The minimum absolute atomic E-state index is 0.00177. The summed E-state index contributed by atoms with van der Waals surface area (Å²) >= 11 is 0. The summed E-state index contributed by atoms with van der Waals surface area (Å²) < 4.78 is 10.9. The van der Waals surface area contributed by atoms with Crippen LogP contribution in [-0.4, -0.2) is 28.6 Å². The molecule has 1 aliphatic carbocycles. The number of carbonyl (C=O) groups is 1. The normalized spacial score (nSPS) is 15.4. The third-order valence-corrected chi connectivity index (χ3v) is 4.90. The molecule has 3 heterocycles. The van der Waals surface area contributed by atoms with Gasteiger partial charge in [-0.1, -0.05) is 5.16 Å². The Kier molecular flexibility index (Phi) is 4.03. The lowest BCUT2D eigenvalue weighted by Crippen LogP contribution is -2.38. The lowest BCUT2D eigenvalue weighted by molar-refractivity contribution is 0.0952. The van der Waals surface area contributed by atoms with Crippen LogP contribution in [0.4, 0.5) is 0 Å². The van der Waals surface area contributed by atoms with E-state index in [0.717, 1.165) is 29.9 Å². The van der Waals surface area contributed by atoms with Gasteiger partial charge in [-0.2, -0.15) is 0 Å². The van der Waals surface area contributed by atoms with Gasteiger partial charge in [0.2, 0.25) is 0 Å². The highest BCUT2D eigenvalue weighted by Gasteiger charge is 2.29. The molecule has 1 amide bonds. The van der Waals surface area contributed by atoms with Crippen LogP contribution in [0.3, 0.4) is 0 Å². The minimum atomic E-state index is -0.195. The number of carbonyl (C=O) groups excluding carboxylic acids is 1. The molecule has 4 rings (SSSR count). The van der Waals surface area contributed by atoms with E-state index in [1.54, 1.807) is 13.0 Å². The maximum atomic E-state index is 12.8. The third kappa shape index (κ3) is 2.99. The summed E-state index contributed by atoms with van der Waals surface area (Å²) in [6.07, 6.45) is 2.29. The standard InChI is InChI=1S/C19H22N4O3/c1-9-6-13(11(3)25-9)16-7-14(17-10(2)23-26-19(17)22-16)18(24)21-8-15(20)12-4-5-12/h6-7,12,15H,4-5,8,20H2,1-3H3,(H,21,24). The van der Waals surface area contributed by atoms with Crippen molar-refractivity contribution in [1.82, 2.24) is 15.5 Å². The van der Waals surface area contributed by atoms with Crippen molar-refractivity contribution in [3.8, 4) is 11.3 Å². The number of aryl methyl sites for hydroxylation is 3. The molecule has 0 aliphatic heterocycles. The lowest BCUT2D eigenvalue weighted by Gasteiger charge is -2.12. The van der Waals surface area contributed by atoms with E-state index < -0.39 is 0 Å². The molecule has 0 bridgehead atoms. The van der Waals surface area contributed by atoms with Gasteiger partial charge in [0.15, 0.2) is 0 Å². The smallest absolute Gasteiger partial charge is 0.259 e. The number of hydrogen-bond donors (Lipinski definition) is 2. The van der Waals surface area contributed by atoms with E-state index in [2.05, 4.69) is 15.5 Å². The molecule has 1 atom stereocenters. The predicted octanol–water partition coefficient (Wildman–Crippen LogP) is 2.88. The Balaban J connectivity index is 1.72. The van der Waals surface area contributed by atoms with Gasteiger partial charge < -0.3 is 20.0 Å². The van der Waals surface area contributed by atoms with Crippen LogP contribution in [-0.2, 0) is 0 Å². The highest BCUT2D eigenvalue weighted by molar-refractivity contribution is 6.07. The summed E-state index contributed by atoms with van der Waals surface area (Å²) in [5.41, 5.74) is 9.03. The zero-order valence-electron chi connectivity index (χ0n) is 15.1. The summed E-state index contributed by atoms with van der Waals surface area (Å²) in [7, 11) is 0. The number of nitrogens with two attached hydrogens (primary N) is 1. The van der Waals surface area contributed by atoms with E-state index in [1.165, 1.54) is 0 Å². The van der Waals surface area contributed by atoms with Crippen molar-refractivity contribution in [3.05, 3.63) is 34.9 Å². The molecule has 136 valence electrons. The first kappa shape index (κ1) is 16.8. The van der Waals surface area contributed by atoms with Gasteiger partial charge in [-0.05, 0) is 51.7 Å². The first-order valence-corrected chi connectivity index (χ1v) is 8.82. The SMILES string of the molecule is Cc1cc(-c2cc(C(=O)NCC(N)C3CC3)c3c(C)noc3n2)c(C)o1. The molecule has 7 heteroatoms. The second kappa shape index (κ2) is 6.25. The highest BCUT2D eigenvalue weighted by atomic mass is 16.5. The Morgan fingerprint density at radius 2 is 2.12 bits per heavy atom. The molecule has 0 aromatic carbocycles. The number of furan rings is 1. The van der Waals surface area contributed by atoms with Crippen molar-refractivity contribution < 1.29 is 13.7 Å². The molecule has 1 aliphatic rings. The molecule has 0 radical (unpaired) electrons. The fraction of sp³-hybridized carbons (Fsp3) is 0.421. The number of hydrogen-bond acceptors (Lipinski definition) is 6. The first-order valence-electron chi connectivity index (χ1n) is 8.82. The van der Waals surface area contributed by atoms with Gasteiger partial charge in [-0.3, -0.25) is 4.79 Å². The van der Waals surface area contributed by atoms with Gasteiger partial charge in [0.25, 0.3) is 11.6 Å². The maximum absolute atomic E-state index is 12.8. The fourth-order valence-corrected chi connectivity index (χ4v) is 3.29. The van der Waals surface area contributed by atoms with Crippen LogP contribution in [0.25, 0.3) is 22.4 Å². The monoisotopic (exact) mass is 354 g/mol. The number of fused-ring (bicyclic) bond motifs is 1. The average Bonchev–Trinajstić information content (AvgIpc) is 3.32. The Bertz CT molecular complexity index is 984. The van der Waals surface area contributed by atoms with Crippen LogP contribution in [0.5, 0.6) is 0 Å². The molecule has 3 aromatic heterocycles. The summed E-state index contributed by atoms with van der Waals surface area (Å²) in [6.45, 7) is 6.00. The summed E-state index contributed by atoms with van der Waals surface area (Å²) in [5.74, 6) is 1.86. The Labute approximate surface area is 150 Å². The summed E-state index contributed by atoms with van der Waals surface area (Å²) in [5, 5.41) is 7.54. The molecule has 1 unspecified atom stereocenters. The summed E-state index contributed by atoms with van der Waals surface area (Å²) in [4.78, 5) is 17.4. The van der Waals surface area contributed by atoms with E-state index >= 15 is 0 Å². The van der Waals surface area contributed by atoms with Gasteiger partial charge >= 0.3 is 0 Å². The zero-order valence-corrected chi connectivity index (χ0v) is 15.1. The zero-order chi connectivity index (χ0) is 18.4. The Hall–Kier alpha value is -2.67. The number of nitrogens with one attached hydrogen (secondary N) is 1. The van der Waals surface area contributed by atoms with Crippen LogP contribution >= 0.6 is 0 Å². The van der Waals surface area contributed by atoms with Crippen molar-refractivity contribution in [2.75, 3.05) is 6.54 Å². The molecule has 3 N–H and O–H groups in total. The fourth-order valence-electron chi connectivity index (χ4n) is 3.29. The van der Waals surface area contributed by atoms with E-state index in [-0.39, 0.29) is 11.9 Å². The molecule has 26 heavy (non-hydrogen) atoms. The van der Waals surface area contributed by atoms with Crippen molar-refractivity contribution in [3.63, 3.8) is 0 Å². The van der Waals surface area contributed by atoms with Crippen LogP contribution in [0.1, 0.15) is 40.4 Å². The quantitative estimate of drug-likeness (QED) is 0.729. The molecule has 0 saturated heterocycles. The van der Waals surface area contributed by atoms with Crippen LogP contribution in [0.2, 0.25) is 0 Å². The largest absolute Gasteiger partial charge is 0.466 e. The van der Waals surface area contributed by atoms with E-state index in [1.807, 2.05) is 19.9 Å². The van der Waals surface area contributed by atoms with Gasteiger partial charge in [0.05, 0.1) is 22.3 Å². The van der Waals surface area contributed by atoms with Crippen molar-refractivity contribution >= 4 is 17.0 Å².